The molecule has 0 saturated heterocycles. The van der Waals surface area contributed by atoms with Crippen LogP contribution in [0.25, 0.3) is 0 Å². The Balaban J connectivity index is 2.71. The van der Waals surface area contributed by atoms with Crippen molar-refractivity contribution >= 4 is 17.5 Å². The molecule has 94 valence electrons. The van der Waals surface area contributed by atoms with Gasteiger partial charge in [0.1, 0.15) is 5.82 Å². The molecule has 1 aromatic rings. The Morgan fingerprint density at radius 2 is 2.29 bits per heavy atom. The first-order chi connectivity index (χ1) is 8.04. The van der Waals surface area contributed by atoms with Crippen LogP contribution in [0.1, 0.15) is 10.4 Å². The van der Waals surface area contributed by atoms with Crippen molar-refractivity contribution in [3.8, 4) is 0 Å². The van der Waals surface area contributed by atoms with E-state index in [9.17, 15) is 4.79 Å². The molecule has 0 radical (unpaired) electrons. The third kappa shape index (κ3) is 3.92. The fourth-order valence-electron chi connectivity index (χ4n) is 1.26. The molecule has 3 N–H and O–H groups in total. The molecule has 1 heterocycles. The summed E-state index contributed by atoms with van der Waals surface area (Å²) >= 11 is 0. The minimum absolute atomic E-state index is 0.315. The van der Waals surface area contributed by atoms with Crippen LogP contribution in [0, 0.1) is 0 Å². The highest BCUT2D eigenvalue weighted by Crippen LogP contribution is 2.15. The Hall–Kier alpha value is -1.82. The van der Waals surface area contributed by atoms with Gasteiger partial charge in [0.25, 0.3) is 0 Å². The Labute approximate surface area is 101 Å². The highest BCUT2D eigenvalue weighted by atomic mass is 16.5. The number of hydrogen-bond acceptors (Lipinski definition) is 6. The molecular weight excluding hydrogens is 220 g/mol. The number of nitrogens with two attached hydrogens (primary N) is 1. The fourth-order valence-corrected chi connectivity index (χ4v) is 1.26. The molecule has 1 rings (SSSR count). The van der Waals surface area contributed by atoms with Crippen molar-refractivity contribution in [1.82, 2.24) is 9.88 Å². The van der Waals surface area contributed by atoms with Gasteiger partial charge in [-0.25, -0.2) is 9.78 Å². The summed E-state index contributed by atoms with van der Waals surface area (Å²) in [5, 5.41) is 3.11. The minimum atomic E-state index is -0.458. The van der Waals surface area contributed by atoms with Gasteiger partial charge in [-0.05, 0) is 20.2 Å². The quantitative estimate of drug-likeness (QED) is 0.724. The van der Waals surface area contributed by atoms with Crippen LogP contribution in [0.2, 0.25) is 0 Å². The van der Waals surface area contributed by atoms with Crippen LogP contribution in [0.5, 0.6) is 0 Å². The molecule has 6 nitrogen and oxygen atoms in total. The summed E-state index contributed by atoms with van der Waals surface area (Å²) in [5.74, 6) is 0.155. The number of ether oxygens (including phenoxy) is 1. The molecule has 17 heavy (non-hydrogen) atoms. The van der Waals surface area contributed by atoms with Gasteiger partial charge in [0.05, 0.1) is 24.6 Å². The van der Waals surface area contributed by atoms with Gasteiger partial charge < -0.3 is 20.7 Å². The van der Waals surface area contributed by atoms with E-state index in [0.717, 1.165) is 13.1 Å². The summed E-state index contributed by atoms with van der Waals surface area (Å²) < 4.78 is 4.63. The number of pyridine rings is 1. The smallest absolute Gasteiger partial charge is 0.340 e. The number of likely N-dealkylation sites (N-methyl/N-ethyl adjacent to an activating group) is 1. The Morgan fingerprint density at radius 3 is 2.88 bits per heavy atom. The zero-order valence-corrected chi connectivity index (χ0v) is 10.4. The van der Waals surface area contributed by atoms with Crippen LogP contribution in [0.15, 0.2) is 12.3 Å². The first-order valence-electron chi connectivity index (χ1n) is 5.27. The lowest BCUT2D eigenvalue weighted by Gasteiger charge is -2.11. The second-order valence-electron chi connectivity index (χ2n) is 3.88. The van der Waals surface area contributed by atoms with E-state index in [1.165, 1.54) is 13.3 Å². The number of esters is 1. The predicted molar refractivity (Wildman–Crippen MR) is 67.0 cm³/mol. The Kier molecular flexibility index (Phi) is 4.71. The van der Waals surface area contributed by atoms with Gasteiger partial charge in [0.2, 0.25) is 0 Å². The average Bonchev–Trinajstić information content (AvgIpc) is 2.30. The third-order valence-corrected chi connectivity index (χ3v) is 2.21. The number of nitrogen functional groups attached to an aromatic ring is 1. The Morgan fingerprint density at radius 1 is 1.59 bits per heavy atom. The number of carbonyl (C=O) groups excluding carboxylic acids is 1. The Bertz CT molecular complexity index is 393. The molecule has 0 aliphatic rings. The highest BCUT2D eigenvalue weighted by molar-refractivity contribution is 5.95. The van der Waals surface area contributed by atoms with Crippen molar-refractivity contribution in [1.29, 1.82) is 0 Å². The van der Waals surface area contributed by atoms with Gasteiger partial charge >= 0.3 is 5.97 Å². The molecule has 0 fully saturated rings. The van der Waals surface area contributed by atoms with Crippen LogP contribution in [0.4, 0.5) is 11.5 Å². The summed E-state index contributed by atoms with van der Waals surface area (Å²) in [7, 11) is 5.29. The third-order valence-electron chi connectivity index (χ3n) is 2.21. The molecule has 6 heteroatoms. The van der Waals surface area contributed by atoms with E-state index in [-0.39, 0.29) is 0 Å². The van der Waals surface area contributed by atoms with E-state index < -0.39 is 5.97 Å². The first-order valence-corrected chi connectivity index (χ1v) is 5.27. The van der Waals surface area contributed by atoms with E-state index in [4.69, 9.17) is 5.73 Å². The lowest BCUT2D eigenvalue weighted by Crippen LogP contribution is -2.21. The normalized spacial score (nSPS) is 10.4. The van der Waals surface area contributed by atoms with Crippen molar-refractivity contribution in [2.75, 3.05) is 45.3 Å². The molecule has 0 atom stereocenters. The van der Waals surface area contributed by atoms with Gasteiger partial charge in [0.15, 0.2) is 0 Å². The van der Waals surface area contributed by atoms with Gasteiger partial charge in [-0.15, -0.1) is 0 Å². The zero-order valence-electron chi connectivity index (χ0n) is 10.4. The van der Waals surface area contributed by atoms with Crippen molar-refractivity contribution in [2.45, 2.75) is 0 Å². The largest absolute Gasteiger partial charge is 0.465 e. The molecule has 0 aliphatic heterocycles. The molecule has 1 aromatic heterocycles. The van der Waals surface area contributed by atoms with Gasteiger partial charge in [-0.3, -0.25) is 0 Å². The molecule has 0 saturated carbocycles. The number of hydrogen-bond donors (Lipinski definition) is 2. The summed E-state index contributed by atoms with van der Waals surface area (Å²) in [6.45, 7) is 1.62. The van der Waals surface area contributed by atoms with E-state index in [0.29, 0.717) is 17.1 Å². The summed E-state index contributed by atoms with van der Waals surface area (Å²) in [5.41, 5.74) is 6.29. The summed E-state index contributed by atoms with van der Waals surface area (Å²) in [4.78, 5) is 17.5. The van der Waals surface area contributed by atoms with E-state index in [2.05, 4.69) is 15.0 Å². The zero-order chi connectivity index (χ0) is 12.8. The van der Waals surface area contributed by atoms with Crippen molar-refractivity contribution in [3.05, 3.63) is 17.8 Å². The van der Waals surface area contributed by atoms with E-state index in [1.807, 2.05) is 19.0 Å². The second kappa shape index (κ2) is 6.05. The highest BCUT2D eigenvalue weighted by Gasteiger charge is 2.11. The maximum Gasteiger partial charge on any atom is 0.340 e. The van der Waals surface area contributed by atoms with Crippen LogP contribution in [-0.4, -0.2) is 50.1 Å². The number of aromatic nitrogens is 1. The number of carbonyl (C=O) groups is 1. The SMILES string of the molecule is COC(=O)c1cc(NCCN(C)C)ncc1N. The van der Waals surface area contributed by atoms with E-state index >= 15 is 0 Å². The topological polar surface area (TPSA) is 80.5 Å². The number of nitrogens with one attached hydrogen (secondary N) is 1. The first kappa shape index (κ1) is 13.2. The minimum Gasteiger partial charge on any atom is -0.465 e. The van der Waals surface area contributed by atoms with Crippen LogP contribution in [-0.2, 0) is 4.74 Å². The van der Waals surface area contributed by atoms with Crippen LogP contribution >= 0.6 is 0 Å². The van der Waals surface area contributed by atoms with Gasteiger partial charge in [-0.2, -0.15) is 0 Å². The van der Waals surface area contributed by atoms with Crippen molar-refractivity contribution in [3.63, 3.8) is 0 Å². The average molecular weight is 238 g/mol. The van der Waals surface area contributed by atoms with Crippen LogP contribution < -0.4 is 11.1 Å². The monoisotopic (exact) mass is 238 g/mol. The number of methoxy groups -OCH3 is 1. The predicted octanol–water partition coefficient (Wildman–Crippen LogP) is 0.424. The molecule has 0 aromatic carbocycles. The van der Waals surface area contributed by atoms with Gasteiger partial charge in [-0.1, -0.05) is 0 Å². The molecule has 0 unspecified atom stereocenters. The molecule has 0 aliphatic carbocycles. The summed E-state index contributed by atoms with van der Waals surface area (Å²) in [6.07, 6.45) is 1.45. The molecule has 0 amide bonds. The lowest BCUT2D eigenvalue weighted by molar-refractivity contribution is 0.0602. The number of nitrogens with zero attached hydrogens (tertiary/aromatic N) is 2. The lowest BCUT2D eigenvalue weighted by atomic mass is 10.2. The van der Waals surface area contributed by atoms with Crippen LogP contribution in [0.3, 0.4) is 0 Å². The standard InChI is InChI=1S/C11H18N4O2/c1-15(2)5-4-13-10-6-8(11(16)17-3)9(12)7-14-10/h6-7H,4-5,12H2,1-3H3,(H,13,14). The molecule has 0 bridgehead atoms. The van der Waals surface area contributed by atoms with Gasteiger partial charge in [0, 0.05) is 13.1 Å². The molecule has 0 spiro atoms. The maximum atomic E-state index is 11.4. The van der Waals surface area contributed by atoms with Crippen molar-refractivity contribution in [2.24, 2.45) is 0 Å². The van der Waals surface area contributed by atoms with E-state index in [1.54, 1.807) is 6.07 Å². The maximum absolute atomic E-state index is 11.4. The summed E-state index contributed by atoms with van der Waals surface area (Å²) in [6, 6.07) is 1.59. The number of anilines is 2. The molecular formula is C11H18N4O2. The number of rotatable bonds is 5. The second-order valence-corrected chi connectivity index (χ2v) is 3.88. The fraction of sp³-hybridized carbons (Fsp3) is 0.455. The van der Waals surface area contributed by atoms with Crippen molar-refractivity contribution < 1.29 is 9.53 Å².